The number of nitrogen functional groups attached to an aromatic ring is 1. The minimum absolute atomic E-state index is 0.0289. The molecule has 32 heteroatoms. The van der Waals surface area contributed by atoms with Crippen LogP contribution in [0.4, 0.5) is 5.95 Å². The van der Waals surface area contributed by atoms with Gasteiger partial charge in [0.2, 0.25) is 11.9 Å². The summed E-state index contributed by atoms with van der Waals surface area (Å²) in [6, 6.07) is 6.61. The van der Waals surface area contributed by atoms with Crippen LogP contribution in [0.15, 0.2) is 71.3 Å². The van der Waals surface area contributed by atoms with Gasteiger partial charge in [-0.15, -0.1) is 0 Å². The molecule has 25 nitrogen and oxygen atoms in total. The summed E-state index contributed by atoms with van der Waals surface area (Å²) in [5, 5.41) is 1.99. The lowest BCUT2D eigenvalue weighted by Gasteiger charge is -2.22. The van der Waals surface area contributed by atoms with E-state index in [0.717, 1.165) is 0 Å². The Labute approximate surface area is 428 Å². The third-order valence-electron chi connectivity index (χ3n) is 9.42. The van der Waals surface area contributed by atoms with Crippen molar-refractivity contribution < 1.29 is 84.5 Å². The van der Waals surface area contributed by atoms with Gasteiger partial charge in [0.25, 0.3) is 5.56 Å². The third kappa shape index (κ3) is 18.9. The summed E-state index contributed by atoms with van der Waals surface area (Å²) in [4.78, 5) is 97.8. The molecular formula is C40H53N6O19P3S4. The molecular weight excluding hydrogens is 1090 g/mol. The molecule has 1 saturated heterocycles. The molecule has 0 saturated carbocycles. The van der Waals surface area contributed by atoms with E-state index in [2.05, 4.69) is 42.3 Å². The first kappa shape index (κ1) is 60.8. The fourth-order valence-electron chi connectivity index (χ4n) is 6.55. The molecule has 3 heterocycles. The average Bonchev–Trinajstić information content (AvgIpc) is 3.87. The van der Waals surface area contributed by atoms with Crippen molar-refractivity contribution >= 4 is 101 Å². The quantitative estimate of drug-likeness (QED) is 0.00934. The van der Waals surface area contributed by atoms with E-state index >= 15 is 0 Å². The summed E-state index contributed by atoms with van der Waals surface area (Å²) in [6.07, 6.45) is 4.85. The molecule has 0 aliphatic carbocycles. The van der Waals surface area contributed by atoms with Gasteiger partial charge in [0.1, 0.15) is 25.0 Å². The molecule has 396 valence electrons. The van der Waals surface area contributed by atoms with Crippen LogP contribution in [0.5, 0.6) is 0 Å². The summed E-state index contributed by atoms with van der Waals surface area (Å²) in [5.74, 6) is 2.98. The number of carbonyl (C=O) groups is 3. The lowest BCUT2D eigenvalue weighted by molar-refractivity contribution is -0.137. The lowest BCUT2D eigenvalue weighted by Crippen LogP contribution is -2.31. The zero-order valence-corrected chi connectivity index (χ0v) is 44.8. The maximum absolute atomic E-state index is 13.8. The number of fused-ring (bicyclic) bond motifs is 1. The summed E-state index contributed by atoms with van der Waals surface area (Å²) >= 11 is 0. The highest BCUT2D eigenvalue weighted by molar-refractivity contribution is 8.76. The number of nitrogens with one attached hydrogen (secondary N) is 2. The van der Waals surface area contributed by atoms with Crippen LogP contribution in [0.1, 0.15) is 53.2 Å². The maximum atomic E-state index is 13.8. The molecule has 1 amide bonds. The Bertz CT molecular complexity index is 2740. The van der Waals surface area contributed by atoms with E-state index in [0.29, 0.717) is 24.3 Å². The number of carbonyl (C=O) groups excluding carboxylic acids is 3. The van der Waals surface area contributed by atoms with Crippen LogP contribution in [0.3, 0.4) is 0 Å². The normalized spacial score (nSPS) is 18.8. The van der Waals surface area contributed by atoms with Gasteiger partial charge in [-0.1, -0.05) is 85.9 Å². The number of nitrogens with zero attached hydrogens (tertiary/aromatic N) is 2. The van der Waals surface area contributed by atoms with Crippen molar-refractivity contribution in [2.24, 2.45) is 5.73 Å². The highest BCUT2D eigenvalue weighted by atomic mass is 33.1. The Morgan fingerprint density at radius 2 is 1.76 bits per heavy atom. The molecule has 0 radical (unpaired) electrons. The second kappa shape index (κ2) is 28.8. The summed E-state index contributed by atoms with van der Waals surface area (Å²) in [7, 11) is -11.5. The van der Waals surface area contributed by atoms with Gasteiger partial charge < -0.3 is 64.6 Å². The number of phosphoric acid groups is 3. The van der Waals surface area contributed by atoms with Gasteiger partial charge in [0.15, 0.2) is 12.3 Å². The number of esters is 2. The molecule has 2 aromatic heterocycles. The molecule has 5 unspecified atom stereocenters. The number of hydrogen-bond donors (Lipinski definition) is 8. The fourth-order valence-corrected chi connectivity index (χ4v) is 13.1. The van der Waals surface area contributed by atoms with Crippen LogP contribution in [0.2, 0.25) is 0 Å². The summed E-state index contributed by atoms with van der Waals surface area (Å²) < 4.78 is 78.0. The molecule has 72 heavy (non-hydrogen) atoms. The van der Waals surface area contributed by atoms with Crippen LogP contribution < -0.4 is 22.3 Å². The fraction of sp³-hybridized carbons (Fsp3) is 0.425. The number of nitrogens with two attached hydrogens (primary N) is 2. The van der Waals surface area contributed by atoms with Crippen LogP contribution in [-0.2, 0) is 60.1 Å². The second-order valence-electron chi connectivity index (χ2n) is 14.5. The molecule has 3 aromatic rings. The minimum Gasteiger partial charge on any atom is -0.456 e. The van der Waals surface area contributed by atoms with Crippen LogP contribution in [0, 0.1) is 11.8 Å². The smallest absolute Gasteiger partial charge is 0.456 e. The predicted octanol–water partition coefficient (Wildman–Crippen LogP) is 4.63. The molecule has 7 atom stereocenters. The SMILES string of the molecule is C=C/C(=C(\C=C/NC(=O)COCCOCCN)C(=O)OCC#Cc1cn([C@H]2C[C@@H](OC(=O)c3ccccc3C(C)SSC)C(COP(=O)(O)OP(=O)(O)OP(=O)(O)O)O2)c2nc(N)[nH]c(=O)c12)C(C)SSC. The number of rotatable bonds is 28. The van der Waals surface area contributed by atoms with E-state index in [1.807, 2.05) is 26.4 Å². The first-order chi connectivity index (χ1) is 34.0. The summed E-state index contributed by atoms with van der Waals surface area (Å²) in [6.45, 7) is 6.87. The van der Waals surface area contributed by atoms with Crippen molar-refractivity contribution in [1.29, 1.82) is 0 Å². The maximum Gasteiger partial charge on any atom is 0.490 e. The number of anilines is 1. The number of aromatic amines is 1. The van der Waals surface area contributed by atoms with Crippen molar-refractivity contribution in [3.05, 3.63) is 93.6 Å². The van der Waals surface area contributed by atoms with Gasteiger partial charge in [-0.3, -0.25) is 19.1 Å². The second-order valence-corrected chi connectivity index (χ2v) is 24.5. The van der Waals surface area contributed by atoms with Crippen molar-refractivity contribution in [2.75, 3.05) is 64.4 Å². The summed E-state index contributed by atoms with van der Waals surface area (Å²) in [5.41, 5.74) is 11.9. The molecule has 10 N–H and O–H groups in total. The van der Waals surface area contributed by atoms with Gasteiger partial charge in [0, 0.05) is 35.9 Å². The van der Waals surface area contributed by atoms with E-state index in [1.165, 1.54) is 78.4 Å². The largest absolute Gasteiger partial charge is 0.490 e. The Kier molecular flexibility index (Phi) is 24.3. The number of hydrogen-bond acceptors (Lipinski definition) is 22. The van der Waals surface area contributed by atoms with Gasteiger partial charge in [-0.2, -0.15) is 13.6 Å². The van der Waals surface area contributed by atoms with Gasteiger partial charge in [0.05, 0.1) is 48.5 Å². The Morgan fingerprint density at radius 1 is 1.06 bits per heavy atom. The first-order valence-corrected chi connectivity index (χ1v) is 30.7. The van der Waals surface area contributed by atoms with E-state index in [-0.39, 0.29) is 70.4 Å². The van der Waals surface area contributed by atoms with Crippen LogP contribution >= 0.6 is 66.6 Å². The molecule has 1 fully saturated rings. The van der Waals surface area contributed by atoms with Crippen molar-refractivity contribution in [2.45, 2.75) is 49.2 Å². The Hall–Kier alpha value is -3.72. The Morgan fingerprint density at radius 3 is 2.44 bits per heavy atom. The van der Waals surface area contributed by atoms with Gasteiger partial charge >= 0.3 is 35.4 Å². The molecule has 4 rings (SSSR count). The lowest BCUT2D eigenvalue weighted by atomic mass is 10.0. The van der Waals surface area contributed by atoms with Crippen molar-refractivity contribution in [3.8, 4) is 11.8 Å². The highest BCUT2D eigenvalue weighted by Crippen LogP contribution is 2.66. The number of allylic oxidation sites excluding steroid dienone is 1. The van der Waals surface area contributed by atoms with Crippen LogP contribution in [-0.4, -0.2) is 128 Å². The van der Waals surface area contributed by atoms with E-state index < -0.39 is 78.5 Å². The first-order valence-electron chi connectivity index (χ1n) is 20.9. The number of benzene rings is 1. The monoisotopic (exact) mass is 1140 g/mol. The van der Waals surface area contributed by atoms with E-state index in [1.54, 1.807) is 18.2 Å². The minimum atomic E-state index is -5.90. The Balaban J connectivity index is 1.63. The highest BCUT2D eigenvalue weighted by Gasteiger charge is 2.45. The zero-order chi connectivity index (χ0) is 53.2. The molecule has 0 spiro atoms. The number of amides is 1. The van der Waals surface area contributed by atoms with Crippen molar-refractivity contribution in [1.82, 2.24) is 19.9 Å². The van der Waals surface area contributed by atoms with E-state index in [4.69, 9.17) is 49.5 Å². The molecule has 1 aliphatic heterocycles. The molecule has 1 aliphatic rings. The number of H-pyrrole nitrogens is 1. The van der Waals surface area contributed by atoms with E-state index in [9.17, 15) is 42.7 Å². The molecule has 0 bridgehead atoms. The van der Waals surface area contributed by atoms with Gasteiger partial charge in [-0.05, 0) is 49.6 Å². The zero-order valence-electron chi connectivity index (χ0n) is 38.8. The van der Waals surface area contributed by atoms with Gasteiger partial charge in [-0.25, -0.2) is 23.3 Å². The molecule has 1 aromatic carbocycles. The third-order valence-corrected chi connectivity index (χ3v) is 17.6. The number of phosphoric ester groups is 1. The topological polar surface area (TPSA) is 372 Å². The predicted molar refractivity (Wildman–Crippen MR) is 272 cm³/mol. The number of aromatic nitrogens is 3. The number of ether oxygens (including phenoxy) is 5. The standard InChI is InChI=1S/C40H53N6O19P3S4/c1-6-27(24(2)71-69-4)30(13-15-43-33(47)23-59-19-18-58-17-14-41)38(49)60-16-9-10-26-21-46(36-35(26)37(48)45-40(42)44-36)34-20-31(63-39(50)29-12-8-7-11-28(29)25(3)72-70-5)32(62-34)22-61-67(54,55)65-68(56,57)64-66(51,52)53/h6-8,11-13,15,21,24-25,31-32,34H,1,14,16-20,22-23,41H2,2-5H3,(H,43,47)(H,54,55)(H,56,57)(H2,51,52,53)(H3,42,44,45,48)/b15-13-,30-27-/t24?,25?,31-,32?,34-/m1/s1. The van der Waals surface area contributed by atoms with Crippen LogP contribution in [0.25, 0.3) is 11.0 Å². The van der Waals surface area contributed by atoms with Crippen molar-refractivity contribution in [3.63, 3.8) is 0 Å². The average molecular weight is 1140 g/mol.